The van der Waals surface area contributed by atoms with Crippen LogP contribution in [0, 0.1) is 11.3 Å². The van der Waals surface area contributed by atoms with Crippen molar-refractivity contribution in [3.05, 3.63) is 29.8 Å². The van der Waals surface area contributed by atoms with Gasteiger partial charge in [-0.05, 0) is 37.6 Å². The summed E-state index contributed by atoms with van der Waals surface area (Å²) in [7, 11) is 0. The number of alkyl halides is 2. The first-order valence-corrected chi connectivity index (χ1v) is 9.39. The van der Waals surface area contributed by atoms with Gasteiger partial charge in [-0.25, -0.2) is 8.78 Å². The van der Waals surface area contributed by atoms with Crippen molar-refractivity contribution >= 4 is 17.7 Å². The topological polar surface area (TPSA) is 82.6 Å². The molecule has 1 saturated heterocycles. The second-order valence-electron chi connectivity index (χ2n) is 7.07. The highest BCUT2D eigenvalue weighted by Crippen LogP contribution is 2.33. The van der Waals surface area contributed by atoms with Crippen molar-refractivity contribution in [1.29, 1.82) is 5.26 Å². The van der Waals surface area contributed by atoms with Crippen molar-refractivity contribution in [2.24, 2.45) is 5.73 Å². The molecule has 1 aromatic carbocycles. The number of carbonyl (C=O) groups is 1. The van der Waals surface area contributed by atoms with Crippen LogP contribution >= 0.6 is 0 Å². The Morgan fingerprint density at radius 2 is 2.21 bits per heavy atom. The Morgan fingerprint density at radius 3 is 2.96 bits per heavy atom. The van der Waals surface area contributed by atoms with Crippen LogP contribution in [0.3, 0.4) is 0 Å². The minimum atomic E-state index is -3.01. The molecule has 0 saturated carbocycles. The minimum Gasteiger partial charge on any atom is -0.494 e. The van der Waals surface area contributed by atoms with Gasteiger partial charge < -0.3 is 20.3 Å². The van der Waals surface area contributed by atoms with Crippen LogP contribution in [-0.2, 0) is 4.79 Å². The standard InChI is InChI=1S/C20H24F2N4O2/c21-20(22)11-16(12-24)26(14-20)19(27)13-25-8-3-4-15-10-17(5-6-18(15)25)28-9-2-1-7-23/h3-6,10,16H,1-2,7-9,11,13-14,23H2/t16-/m0/s1. The van der Waals surface area contributed by atoms with Crippen LogP contribution in [0.15, 0.2) is 24.3 Å². The van der Waals surface area contributed by atoms with Gasteiger partial charge in [-0.1, -0.05) is 12.2 Å². The first-order chi connectivity index (χ1) is 13.4. The Kier molecular flexibility index (Phi) is 6.15. The number of nitriles is 1. The van der Waals surface area contributed by atoms with Crippen molar-refractivity contribution < 1.29 is 18.3 Å². The average Bonchev–Trinajstić information content (AvgIpc) is 3.00. The van der Waals surface area contributed by atoms with Crippen molar-refractivity contribution in [3.63, 3.8) is 0 Å². The van der Waals surface area contributed by atoms with Crippen LogP contribution in [0.25, 0.3) is 6.08 Å². The Labute approximate surface area is 163 Å². The summed E-state index contributed by atoms with van der Waals surface area (Å²) in [5.74, 6) is -2.74. The molecule has 2 aliphatic rings. The molecule has 0 unspecified atom stereocenters. The summed E-state index contributed by atoms with van der Waals surface area (Å²) in [5.41, 5.74) is 7.21. The first-order valence-electron chi connectivity index (χ1n) is 9.39. The maximum absolute atomic E-state index is 13.6. The van der Waals surface area contributed by atoms with Crippen molar-refractivity contribution in [1.82, 2.24) is 4.90 Å². The quantitative estimate of drug-likeness (QED) is 0.723. The Morgan fingerprint density at radius 1 is 1.39 bits per heavy atom. The van der Waals surface area contributed by atoms with E-state index in [0.717, 1.165) is 34.7 Å². The van der Waals surface area contributed by atoms with Crippen LogP contribution in [-0.4, -0.2) is 55.6 Å². The van der Waals surface area contributed by atoms with Crippen molar-refractivity contribution in [2.45, 2.75) is 31.2 Å². The predicted octanol–water partition coefficient (Wildman–Crippen LogP) is 2.40. The summed E-state index contributed by atoms with van der Waals surface area (Å²) in [6, 6.07) is 6.33. The number of likely N-dealkylation sites (tertiary alicyclic amines) is 1. The van der Waals surface area contributed by atoms with E-state index in [4.69, 9.17) is 15.7 Å². The van der Waals surface area contributed by atoms with E-state index in [1.54, 1.807) is 0 Å². The summed E-state index contributed by atoms with van der Waals surface area (Å²) in [6.45, 7) is 0.963. The number of hydrogen-bond acceptors (Lipinski definition) is 5. The average molecular weight is 390 g/mol. The smallest absolute Gasteiger partial charge is 0.268 e. The number of nitrogens with two attached hydrogens (primary N) is 1. The van der Waals surface area contributed by atoms with Crippen molar-refractivity contribution in [3.8, 4) is 11.8 Å². The summed E-state index contributed by atoms with van der Waals surface area (Å²) in [5, 5.41) is 9.09. The summed E-state index contributed by atoms with van der Waals surface area (Å²) < 4.78 is 32.9. The lowest BCUT2D eigenvalue weighted by Crippen LogP contribution is -2.43. The number of nitrogens with zero attached hydrogens (tertiary/aromatic N) is 3. The van der Waals surface area contributed by atoms with E-state index in [-0.39, 0.29) is 6.54 Å². The maximum Gasteiger partial charge on any atom is 0.268 e. The molecule has 6 nitrogen and oxygen atoms in total. The van der Waals surface area contributed by atoms with Gasteiger partial charge in [-0.3, -0.25) is 4.79 Å². The molecule has 2 heterocycles. The van der Waals surface area contributed by atoms with Crippen LogP contribution in [0.5, 0.6) is 5.75 Å². The van der Waals surface area contributed by atoms with Crippen LogP contribution in [0.4, 0.5) is 14.5 Å². The SMILES string of the molecule is N#C[C@@H]1CC(F)(F)CN1C(=O)CN1CC=Cc2cc(OCCCCN)ccc21. The molecule has 150 valence electrons. The number of fused-ring (bicyclic) bond motifs is 1. The van der Waals surface area contributed by atoms with E-state index in [1.807, 2.05) is 41.3 Å². The zero-order chi connectivity index (χ0) is 20.1. The summed E-state index contributed by atoms with van der Waals surface area (Å²) >= 11 is 0. The summed E-state index contributed by atoms with van der Waals surface area (Å²) in [6.07, 6.45) is 5.04. The van der Waals surface area contributed by atoms with E-state index in [9.17, 15) is 13.6 Å². The number of halogens is 2. The highest BCUT2D eigenvalue weighted by Gasteiger charge is 2.47. The molecule has 1 atom stereocenters. The number of anilines is 1. The minimum absolute atomic E-state index is 0.0533. The number of hydrogen-bond donors (Lipinski definition) is 1. The zero-order valence-corrected chi connectivity index (χ0v) is 15.6. The van der Waals surface area contributed by atoms with Crippen LogP contribution < -0.4 is 15.4 Å². The molecular weight excluding hydrogens is 366 g/mol. The Hall–Kier alpha value is -2.66. The molecule has 0 radical (unpaired) electrons. The van der Waals surface area contributed by atoms with E-state index in [0.29, 0.717) is 19.7 Å². The molecule has 2 N–H and O–H groups in total. The van der Waals surface area contributed by atoms with Gasteiger partial charge in [0.1, 0.15) is 11.8 Å². The molecular formula is C20H24F2N4O2. The van der Waals surface area contributed by atoms with Gasteiger partial charge in [0.25, 0.3) is 5.92 Å². The highest BCUT2D eigenvalue weighted by molar-refractivity contribution is 5.85. The lowest BCUT2D eigenvalue weighted by Gasteiger charge is -2.30. The van der Waals surface area contributed by atoms with E-state index < -0.39 is 30.8 Å². The number of rotatable bonds is 7. The lowest BCUT2D eigenvalue weighted by atomic mass is 10.1. The number of unbranched alkanes of at least 4 members (excludes halogenated alkanes) is 1. The second-order valence-corrected chi connectivity index (χ2v) is 7.07. The normalized spacial score (nSPS) is 20.0. The van der Waals surface area contributed by atoms with Gasteiger partial charge >= 0.3 is 0 Å². The molecule has 0 bridgehead atoms. The zero-order valence-electron chi connectivity index (χ0n) is 15.6. The van der Waals surface area contributed by atoms with Crippen molar-refractivity contribution in [2.75, 3.05) is 37.7 Å². The Bertz CT molecular complexity index is 791. The maximum atomic E-state index is 13.6. The third-order valence-electron chi connectivity index (χ3n) is 4.90. The molecule has 1 amide bonds. The molecule has 0 spiro atoms. The summed E-state index contributed by atoms with van der Waals surface area (Å²) in [4.78, 5) is 15.4. The predicted molar refractivity (Wildman–Crippen MR) is 102 cm³/mol. The molecule has 1 fully saturated rings. The number of carbonyl (C=O) groups excluding carboxylic acids is 1. The lowest BCUT2D eigenvalue weighted by molar-refractivity contribution is -0.131. The fraction of sp³-hybridized carbons (Fsp3) is 0.500. The van der Waals surface area contributed by atoms with Gasteiger partial charge in [0.2, 0.25) is 5.91 Å². The largest absolute Gasteiger partial charge is 0.494 e. The number of amides is 1. The van der Waals surface area contributed by atoms with E-state index >= 15 is 0 Å². The van der Waals surface area contributed by atoms with Gasteiger partial charge in [-0.2, -0.15) is 5.26 Å². The van der Waals surface area contributed by atoms with Crippen LogP contribution in [0.2, 0.25) is 0 Å². The van der Waals surface area contributed by atoms with E-state index in [2.05, 4.69) is 0 Å². The monoisotopic (exact) mass is 390 g/mol. The molecule has 2 aliphatic heterocycles. The van der Waals surface area contributed by atoms with Gasteiger partial charge in [0.05, 0.1) is 25.8 Å². The fourth-order valence-corrected chi connectivity index (χ4v) is 3.48. The fourth-order valence-electron chi connectivity index (χ4n) is 3.48. The molecule has 28 heavy (non-hydrogen) atoms. The third-order valence-corrected chi connectivity index (χ3v) is 4.90. The molecule has 3 rings (SSSR count). The third kappa shape index (κ3) is 4.60. The molecule has 8 heteroatoms. The highest BCUT2D eigenvalue weighted by atomic mass is 19.3. The second kappa shape index (κ2) is 8.57. The first kappa shape index (κ1) is 20.1. The molecule has 1 aromatic rings. The van der Waals surface area contributed by atoms with Gasteiger partial charge in [0.15, 0.2) is 0 Å². The van der Waals surface area contributed by atoms with Gasteiger partial charge in [-0.15, -0.1) is 0 Å². The molecule has 0 aromatic heterocycles. The van der Waals surface area contributed by atoms with Gasteiger partial charge in [0, 0.05) is 24.2 Å². The Balaban J connectivity index is 1.66. The van der Waals surface area contributed by atoms with E-state index in [1.165, 1.54) is 0 Å². The van der Waals surface area contributed by atoms with Crippen LogP contribution in [0.1, 0.15) is 24.8 Å². The number of benzene rings is 1. The molecule has 0 aliphatic carbocycles. The number of ether oxygens (including phenoxy) is 1.